The van der Waals surface area contributed by atoms with Crippen LogP contribution in [0.2, 0.25) is 0 Å². The van der Waals surface area contributed by atoms with Crippen molar-refractivity contribution in [2.75, 3.05) is 6.54 Å². The molecule has 1 aliphatic heterocycles. The second-order valence-electron chi connectivity index (χ2n) is 2.78. The fourth-order valence-electron chi connectivity index (χ4n) is 1.19. The number of alkyl halides is 3. The molecule has 1 unspecified atom stereocenters. The predicted octanol–water partition coefficient (Wildman–Crippen LogP) is 1.27. The second-order valence-corrected chi connectivity index (χ2v) is 2.78. The normalized spacial score (nSPS) is 25.4. The van der Waals surface area contributed by atoms with Crippen LogP contribution in [0.3, 0.4) is 0 Å². The number of ketones is 1. The summed E-state index contributed by atoms with van der Waals surface area (Å²) >= 11 is 0. The van der Waals surface area contributed by atoms with Gasteiger partial charge in [-0.25, -0.2) is 5.32 Å². The molecular formula is C7H9F3NO. The topological polar surface area (TPSA) is 31.2 Å². The Morgan fingerprint density at radius 2 is 2.00 bits per heavy atom. The average Bonchev–Trinajstić information content (AvgIpc) is 2.03. The Bertz CT molecular complexity index is 172. The van der Waals surface area contributed by atoms with E-state index in [0.717, 1.165) is 6.42 Å². The standard InChI is InChI=1S/C7H9F3NO/c8-7(9,10)6(12)5-3-1-2-4-11-5/h5H,1-4H2. The fourth-order valence-corrected chi connectivity index (χ4v) is 1.19. The van der Waals surface area contributed by atoms with Gasteiger partial charge in [0.15, 0.2) is 0 Å². The lowest BCUT2D eigenvalue weighted by Gasteiger charge is -2.20. The van der Waals surface area contributed by atoms with E-state index in [4.69, 9.17) is 0 Å². The van der Waals surface area contributed by atoms with Crippen LogP contribution >= 0.6 is 0 Å². The van der Waals surface area contributed by atoms with Crippen molar-refractivity contribution in [3.8, 4) is 0 Å². The summed E-state index contributed by atoms with van der Waals surface area (Å²) < 4.78 is 35.5. The lowest BCUT2D eigenvalue weighted by Crippen LogP contribution is -2.42. The molecule has 1 rings (SSSR count). The van der Waals surface area contributed by atoms with E-state index in [1.807, 2.05) is 0 Å². The van der Waals surface area contributed by atoms with Crippen LogP contribution in [0.4, 0.5) is 13.2 Å². The molecule has 1 heterocycles. The van der Waals surface area contributed by atoms with Crippen molar-refractivity contribution in [2.24, 2.45) is 0 Å². The zero-order valence-electron chi connectivity index (χ0n) is 6.40. The predicted molar refractivity (Wildman–Crippen MR) is 35.7 cm³/mol. The quantitative estimate of drug-likeness (QED) is 0.597. The number of rotatable bonds is 1. The maximum absolute atomic E-state index is 11.8. The molecule has 0 aliphatic carbocycles. The van der Waals surface area contributed by atoms with E-state index in [1.54, 1.807) is 0 Å². The van der Waals surface area contributed by atoms with Crippen molar-refractivity contribution >= 4 is 5.78 Å². The van der Waals surface area contributed by atoms with Crippen molar-refractivity contribution in [3.05, 3.63) is 0 Å². The molecule has 69 valence electrons. The highest BCUT2D eigenvalue weighted by atomic mass is 19.4. The summed E-state index contributed by atoms with van der Waals surface area (Å²) in [6.07, 6.45) is -3.01. The van der Waals surface area contributed by atoms with E-state index in [-0.39, 0.29) is 6.42 Å². The summed E-state index contributed by atoms with van der Waals surface area (Å²) in [5.41, 5.74) is 0. The van der Waals surface area contributed by atoms with E-state index in [0.29, 0.717) is 13.0 Å². The number of carbonyl (C=O) groups excluding carboxylic acids is 1. The largest absolute Gasteiger partial charge is 0.451 e. The minimum Gasteiger partial charge on any atom is -0.288 e. The van der Waals surface area contributed by atoms with Gasteiger partial charge >= 0.3 is 6.18 Å². The zero-order chi connectivity index (χ0) is 9.19. The minimum atomic E-state index is -4.72. The summed E-state index contributed by atoms with van der Waals surface area (Å²) in [5.74, 6) is -1.69. The smallest absolute Gasteiger partial charge is 0.288 e. The summed E-state index contributed by atoms with van der Waals surface area (Å²) in [6.45, 7) is 0.381. The Labute approximate surface area is 68.1 Å². The molecule has 0 bridgehead atoms. The van der Waals surface area contributed by atoms with E-state index in [1.165, 1.54) is 0 Å². The highest BCUT2D eigenvalue weighted by molar-refractivity contribution is 5.89. The molecule has 0 aromatic carbocycles. The first-order valence-electron chi connectivity index (χ1n) is 3.79. The lowest BCUT2D eigenvalue weighted by atomic mass is 10.0. The number of piperidine rings is 1. The van der Waals surface area contributed by atoms with E-state index in [2.05, 4.69) is 5.32 Å². The van der Waals surface area contributed by atoms with Gasteiger partial charge in [-0.05, 0) is 12.8 Å². The van der Waals surface area contributed by atoms with Gasteiger partial charge in [-0.2, -0.15) is 13.2 Å². The third-order valence-electron chi connectivity index (χ3n) is 1.82. The number of carbonyl (C=O) groups is 1. The van der Waals surface area contributed by atoms with Crippen LogP contribution in [0.15, 0.2) is 0 Å². The summed E-state index contributed by atoms with van der Waals surface area (Å²) in [4.78, 5) is 10.6. The SMILES string of the molecule is O=C(C1CCCC[N]1)C(F)(F)F. The Morgan fingerprint density at radius 1 is 1.33 bits per heavy atom. The van der Waals surface area contributed by atoms with Crippen LogP contribution in [0.25, 0.3) is 0 Å². The van der Waals surface area contributed by atoms with Gasteiger partial charge < -0.3 is 0 Å². The monoisotopic (exact) mass is 180 g/mol. The maximum atomic E-state index is 11.8. The van der Waals surface area contributed by atoms with Crippen molar-refractivity contribution in [3.63, 3.8) is 0 Å². The van der Waals surface area contributed by atoms with Crippen LogP contribution in [-0.2, 0) is 4.79 Å². The van der Waals surface area contributed by atoms with Crippen LogP contribution in [0, 0.1) is 0 Å². The van der Waals surface area contributed by atoms with Crippen LogP contribution in [0.1, 0.15) is 19.3 Å². The first-order chi connectivity index (χ1) is 5.52. The Hall–Kier alpha value is -0.580. The van der Waals surface area contributed by atoms with Crippen molar-refractivity contribution in [2.45, 2.75) is 31.5 Å². The molecule has 12 heavy (non-hydrogen) atoms. The van der Waals surface area contributed by atoms with E-state index in [9.17, 15) is 18.0 Å². The average molecular weight is 180 g/mol. The molecule has 1 aliphatic rings. The summed E-state index contributed by atoms with van der Waals surface area (Å²) in [6, 6.07) is -1.13. The number of hydrogen-bond acceptors (Lipinski definition) is 1. The molecule has 0 aromatic heterocycles. The molecule has 5 heteroatoms. The van der Waals surface area contributed by atoms with Gasteiger partial charge in [-0.1, -0.05) is 6.42 Å². The van der Waals surface area contributed by atoms with Crippen molar-refractivity contribution in [1.29, 1.82) is 0 Å². The molecule has 0 N–H and O–H groups in total. The first-order valence-corrected chi connectivity index (χ1v) is 3.79. The number of nitrogens with zero attached hydrogens (tertiary/aromatic N) is 1. The van der Waals surface area contributed by atoms with Gasteiger partial charge in [0.25, 0.3) is 5.78 Å². The molecule has 0 aromatic rings. The molecule has 0 amide bonds. The molecule has 1 fully saturated rings. The molecular weight excluding hydrogens is 171 g/mol. The molecule has 1 radical (unpaired) electrons. The molecule has 1 saturated heterocycles. The molecule has 0 spiro atoms. The van der Waals surface area contributed by atoms with Gasteiger partial charge in [0, 0.05) is 6.54 Å². The second kappa shape index (κ2) is 3.43. The van der Waals surface area contributed by atoms with E-state index >= 15 is 0 Å². The number of Topliss-reactive ketones (excluding diaryl/α,β-unsaturated/α-hetero) is 1. The Kier molecular flexibility index (Phi) is 2.72. The third-order valence-corrected chi connectivity index (χ3v) is 1.82. The van der Waals surface area contributed by atoms with Crippen molar-refractivity contribution < 1.29 is 18.0 Å². The highest BCUT2D eigenvalue weighted by Gasteiger charge is 2.43. The number of halogens is 3. The van der Waals surface area contributed by atoms with Crippen LogP contribution in [-0.4, -0.2) is 24.5 Å². The van der Waals surface area contributed by atoms with Gasteiger partial charge in [0.2, 0.25) is 0 Å². The van der Waals surface area contributed by atoms with Crippen LogP contribution in [0.5, 0.6) is 0 Å². The van der Waals surface area contributed by atoms with Gasteiger partial charge in [-0.3, -0.25) is 4.79 Å². The third kappa shape index (κ3) is 2.20. The van der Waals surface area contributed by atoms with Gasteiger partial charge in [-0.15, -0.1) is 0 Å². The first kappa shape index (κ1) is 9.51. The van der Waals surface area contributed by atoms with Gasteiger partial charge in [0.1, 0.15) is 0 Å². The highest BCUT2D eigenvalue weighted by Crippen LogP contribution is 2.22. The zero-order valence-corrected chi connectivity index (χ0v) is 6.40. The maximum Gasteiger partial charge on any atom is 0.451 e. The molecule has 0 saturated carbocycles. The summed E-state index contributed by atoms with van der Waals surface area (Å²) in [7, 11) is 0. The minimum absolute atomic E-state index is 0.248. The number of hydrogen-bond donors (Lipinski definition) is 0. The molecule has 2 nitrogen and oxygen atoms in total. The summed E-state index contributed by atoms with van der Waals surface area (Å²) in [5, 5.41) is 3.63. The van der Waals surface area contributed by atoms with Gasteiger partial charge in [0.05, 0.1) is 6.04 Å². The molecule has 1 atom stereocenters. The Morgan fingerprint density at radius 3 is 2.42 bits per heavy atom. The van der Waals surface area contributed by atoms with E-state index < -0.39 is 18.0 Å². The van der Waals surface area contributed by atoms with Crippen LogP contribution < -0.4 is 5.32 Å². The lowest BCUT2D eigenvalue weighted by molar-refractivity contribution is -0.174. The fraction of sp³-hybridized carbons (Fsp3) is 0.857. The Balaban J connectivity index is 2.51. The van der Waals surface area contributed by atoms with Crippen molar-refractivity contribution in [1.82, 2.24) is 5.32 Å².